The Labute approximate surface area is 177 Å². The lowest BCUT2D eigenvalue weighted by Crippen LogP contribution is -2.47. The summed E-state index contributed by atoms with van der Waals surface area (Å²) in [5, 5.41) is 17.4. The first-order chi connectivity index (χ1) is 13.8. The molecular formula is C19H18ClFN4O3S. The Hall–Kier alpha value is -2.78. The van der Waals surface area contributed by atoms with Gasteiger partial charge in [0.05, 0.1) is 21.2 Å². The zero-order valence-corrected chi connectivity index (χ0v) is 16.8. The van der Waals surface area contributed by atoms with Crippen LogP contribution in [0.4, 0.5) is 15.8 Å². The summed E-state index contributed by atoms with van der Waals surface area (Å²) in [5.74, 6) is -0.993. The second-order valence-electron chi connectivity index (χ2n) is 6.57. The first-order valence-corrected chi connectivity index (χ1v) is 9.69. The van der Waals surface area contributed by atoms with E-state index in [2.05, 4.69) is 10.6 Å². The number of rotatable bonds is 4. The number of halogens is 2. The third-order valence-electron chi connectivity index (χ3n) is 4.64. The van der Waals surface area contributed by atoms with Crippen molar-refractivity contribution in [2.75, 3.05) is 18.4 Å². The van der Waals surface area contributed by atoms with Gasteiger partial charge in [-0.15, -0.1) is 0 Å². The second kappa shape index (κ2) is 9.15. The number of nitrogens with one attached hydrogen (secondary N) is 2. The first-order valence-electron chi connectivity index (χ1n) is 8.90. The number of amides is 1. The lowest BCUT2D eigenvalue weighted by Gasteiger charge is -2.34. The standard InChI is InChI=1S/C19H18ClFN4O3S/c20-15-6-5-13(25(27)28)11-17(15)23-19(29)24-9-7-12(8-10-24)22-18(26)14-3-1-2-4-16(14)21/h1-6,11-12H,7-10H2,(H,22,26)(H,23,29). The predicted molar refractivity (Wildman–Crippen MR) is 113 cm³/mol. The number of non-ortho nitro benzene ring substituents is 1. The highest BCUT2D eigenvalue weighted by Gasteiger charge is 2.24. The van der Waals surface area contributed by atoms with Gasteiger partial charge in [-0.05, 0) is 43.3 Å². The van der Waals surface area contributed by atoms with Crippen molar-refractivity contribution in [3.8, 4) is 0 Å². The average Bonchev–Trinajstić information content (AvgIpc) is 2.70. The SMILES string of the molecule is O=C(NC1CCN(C(=S)Nc2cc([N+](=O)[O-])ccc2Cl)CC1)c1ccccc1F. The minimum Gasteiger partial charge on any atom is -0.349 e. The number of benzene rings is 2. The lowest BCUT2D eigenvalue weighted by atomic mass is 10.0. The highest BCUT2D eigenvalue weighted by atomic mass is 35.5. The van der Waals surface area contributed by atoms with E-state index >= 15 is 0 Å². The van der Waals surface area contributed by atoms with E-state index in [1.807, 2.05) is 4.90 Å². The van der Waals surface area contributed by atoms with Crippen molar-refractivity contribution < 1.29 is 14.1 Å². The number of thiocarbonyl (C=S) groups is 1. The largest absolute Gasteiger partial charge is 0.349 e. The van der Waals surface area contributed by atoms with Crippen LogP contribution in [0.3, 0.4) is 0 Å². The molecule has 0 aliphatic carbocycles. The van der Waals surface area contributed by atoms with E-state index < -0.39 is 16.6 Å². The zero-order valence-electron chi connectivity index (χ0n) is 15.2. The van der Waals surface area contributed by atoms with Gasteiger partial charge < -0.3 is 15.5 Å². The molecule has 29 heavy (non-hydrogen) atoms. The number of likely N-dealkylation sites (tertiary alicyclic amines) is 1. The van der Waals surface area contributed by atoms with Crippen LogP contribution in [0.2, 0.25) is 5.02 Å². The number of hydrogen-bond acceptors (Lipinski definition) is 4. The van der Waals surface area contributed by atoms with Crippen LogP contribution < -0.4 is 10.6 Å². The summed E-state index contributed by atoms with van der Waals surface area (Å²) in [5.41, 5.74) is 0.294. The van der Waals surface area contributed by atoms with Crippen LogP contribution in [0, 0.1) is 15.9 Å². The summed E-state index contributed by atoms with van der Waals surface area (Å²) in [6.45, 7) is 1.14. The van der Waals surface area contributed by atoms with Gasteiger partial charge in [0.15, 0.2) is 5.11 Å². The van der Waals surface area contributed by atoms with E-state index in [0.717, 1.165) is 0 Å². The topological polar surface area (TPSA) is 87.5 Å². The zero-order chi connectivity index (χ0) is 21.0. The van der Waals surface area contributed by atoms with E-state index in [0.29, 0.717) is 41.8 Å². The maximum atomic E-state index is 13.7. The van der Waals surface area contributed by atoms with Gasteiger partial charge in [-0.2, -0.15) is 0 Å². The minimum atomic E-state index is -0.554. The van der Waals surface area contributed by atoms with Gasteiger partial charge in [0, 0.05) is 31.3 Å². The molecule has 10 heteroatoms. The van der Waals surface area contributed by atoms with Gasteiger partial charge in [-0.1, -0.05) is 23.7 Å². The second-order valence-corrected chi connectivity index (χ2v) is 7.36. The molecule has 2 N–H and O–H groups in total. The smallest absolute Gasteiger partial charge is 0.271 e. The Kier molecular flexibility index (Phi) is 6.60. The van der Waals surface area contributed by atoms with Crippen LogP contribution >= 0.6 is 23.8 Å². The molecule has 7 nitrogen and oxygen atoms in total. The first kappa shape index (κ1) is 20.9. The molecule has 2 aromatic carbocycles. The Morgan fingerprint density at radius 2 is 1.93 bits per heavy atom. The molecule has 1 aliphatic heterocycles. The molecule has 1 amide bonds. The quantitative estimate of drug-likeness (QED) is 0.428. The van der Waals surface area contributed by atoms with Crippen LogP contribution in [0.1, 0.15) is 23.2 Å². The molecule has 2 aromatic rings. The normalized spacial score (nSPS) is 14.3. The van der Waals surface area contributed by atoms with Crippen molar-refractivity contribution in [3.05, 3.63) is 69.0 Å². The molecule has 1 aliphatic rings. The van der Waals surface area contributed by atoms with Gasteiger partial charge in [0.25, 0.3) is 11.6 Å². The number of piperidine rings is 1. The van der Waals surface area contributed by atoms with E-state index in [9.17, 15) is 19.3 Å². The maximum absolute atomic E-state index is 13.7. The van der Waals surface area contributed by atoms with Crippen molar-refractivity contribution in [2.24, 2.45) is 0 Å². The van der Waals surface area contributed by atoms with E-state index in [1.54, 1.807) is 6.07 Å². The van der Waals surface area contributed by atoms with Crippen molar-refractivity contribution in [1.82, 2.24) is 10.2 Å². The Balaban J connectivity index is 1.55. The van der Waals surface area contributed by atoms with Crippen molar-refractivity contribution >= 4 is 46.2 Å². The van der Waals surface area contributed by atoms with Gasteiger partial charge >= 0.3 is 0 Å². The summed E-state index contributed by atoms with van der Waals surface area (Å²) < 4.78 is 13.7. The molecular weight excluding hydrogens is 419 g/mol. The molecule has 0 radical (unpaired) electrons. The summed E-state index contributed by atoms with van der Waals surface area (Å²) in [4.78, 5) is 24.6. The molecule has 0 aromatic heterocycles. The molecule has 0 bridgehead atoms. The summed E-state index contributed by atoms with van der Waals surface area (Å²) >= 11 is 11.5. The van der Waals surface area contributed by atoms with E-state index in [4.69, 9.17) is 23.8 Å². The van der Waals surface area contributed by atoms with Crippen molar-refractivity contribution in [2.45, 2.75) is 18.9 Å². The van der Waals surface area contributed by atoms with Crippen LogP contribution in [-0.4, -0.2) is 40.0 Å². The summed E-state index contributed by atoms with van der Waals surface area (Å²) in [6.07, 6.45) is 1.26. The number of anilines is 1. The highest BCUT2D eigenvalue weighted by molar-refractivity contribution is 7.80. The number of carbonyl (C=O) groups excluding carboxylic acids is 1. The van der Waals surface area contributed by atoms with Crippen LogP contribution in [0.25, 0.3) is 0 Å². The molecule has 152 valence electrons. The summed E-state index contributed by atoms with van der Waals surface area (Å²) in [6, 6.07) is 9.84. The Morgan fingerprint density at radius 1 is 1.24 bits per heavy atom. The third kappa shape index (κ3) is 5.18. The highest BCUT2D eigenvalue weighted by Crippen LogP contribution is 2.27. The van der Waals surface area contributed by atoms with Crippen molar-refractivity contribution in [3.63, 3.8) is 0 Å². The molecule has 0 spiro atoms. The van der Waals surface area contributed by atoms with Crippen molar-refractivity contribution in [1.29, 1.82) is 0 Å². The number of nitrogens with zero attached hydrogens (tertiary/aromatic N) is 2. The van der Waals surface area contributed by atoms with Gasteiger partial charge in [0.1, 0.15) is 5.82 Å². The maximum Gasteiger partial charge on any atom is 0.271 e. The minimum absolute atomic E-state index is 0.0208. The average molecular weight is 437 g/mol. The monoisotopic (exact) mass is 436 g/mol. The fraction of sp³-hybridized carbons (Fsp3) is 0.263. The number of carbonyl (C=O) groups is 1. The third-order valence-corrected chi connectivity index (χ3v) is 5.33. The molecule has 0 unspecified atom stereocenters. The molecule has 1 fully saturated rings. The molecule has 1 saturated heterocycles. The fourth-order valence-electron chi connectivity index (χ4n) is 3.05. The molecule has 0 saturated carbocycles. The number of nitro benzene ring substituents is 1. The molecule has 1 heterocycles. The van der Waals surface area contributed by atoms with Crippen LogP contribution in [0.5, 0.6) is 0 Å². The Bertz CT molecular complexity index is 951. The lowest BCUT2D eigenvalue weighted by molar-refractivity contribution is -0.384. The van der Waals surface area contributed by atoms with Gasteiger partial charge in [-0.3, -0.25) is 14.9 Å². The number of nitro groups is 1. The Morgan fingerprint density at radius 3 is 2.59 bits per heavy atom. The molecule has 0 atom stereocenters. The predicted octanol–water partition coefficient (Wildman–Crippen LogP) is 3.98. The summed E-state index contributed by atoms with van der Waals surface area (Å²) in [7, 11) is 0. The molecule has 3 rings (SSSR count). The van der Waals surface area contributed by atoms with Gasteiger partial charge in [-0.25, -0.2) is 4.39 Å². The number of hydrogen-bond donors (Lipinski definition) is 2. The van der Waals surface area contributed by atoms with Gasteiger partial charge in [0.2, 0.25) is 0 Å². The van der Waals surface area contributed by atoms with E-state index in [-0.39, 0.29) is 17.3 Å². The fourth-order valence-corrected chi connectivity index (χ4v) is 3.51. The van der Waals surface area contributed by atoms with Crippen LogP contribution in [0.15, 0.2) is 42.5 Å². The van der Waals surface area contributed by atoms with E-state index in [1.165, 1.54) is 36.4 Å². The van der Waals surface area contributed by atoms with Crippen LogP contribution in [-0.2, 0) is 0 Å².